The minimum absolute atomic E-state index is 0.224. The van der Waals surface area contributed by atoms with E-state index in [1.807, 2.05) is 66.7 Å². The molecule has 0 saturated carbocycles. The Morgan fingerprint density at radius 3 is 2.93 bits per heavy atom. The number of aliphatic hydroxyl groups is 1. The Hall–Kier alpha value is -2.89. The highest BCUT2D eigenvalue weighted by atomic mass is 16.5. The number of nitrogens with zero attached hydrogens (tertiary/aromatic N) is 1. The maximum Gasteiger partial charge on any atom is 0.126 e. The van der Waals surface area contributed by atoms with Gasteiger partial charge in [0.2, 0.25) is 0 Å². The van der Waals surface area contributed by atoms with Crippen molar-refractivity contribution in [3.63, 3.8) is 0 Å². The zero-order valence-corrected chi connectivity index (χ0v) is 15.3. The molecule has 1 aromatic heterocycles. The standard InChI is InChI=1S/C22H24N2O3/c1-26-22-9-3-2-6-18(22)8-4-12-23-15-19(25)16-27-20-11-10-17-7-5-13-24-21(17)14-20/h2-11,13-14,19,23,25H,12,15-16H2,1H3. The maximum absolute atomic E-state index is 10.1. The van der Waals surface area contributed by atoms with E-state index in [2.05, 4.69) is 10.3 Å². The van der Waals surface area contributed by atoms with Gasteiger partial charge in [0.05, 0.1) is 12.6 Å². The average molecular weight is 364 g/mol. The van der Waals surface area contributed by atoms with Crippen LogP contribution in [0.25, 0.3) is 17.0 Å². The highest BCUT2D eigenvalue weighted by Gasteiger charge is 2.05. The molecule has 0 bridgehead atoms. The lowest BCUT2D eigenvalue weighted by Crippen LogP contribution is -2.31. The monoisotopic (exact) mass is 364 g/mol. The average Bonchev–Trinajstić information content (AvgIpc) is 2.72. The molecule has 2 aromatic carbocycles. The molecule has 0 aliphatic carbocycles. The van der Waals surface area contributed by atoms with Gasteiger partial charge in [-0.15, -0.1) is 0 Å². The van der Waals surface area contributed by atoms with Crippen LogP contribution in [0.3, 0.4) is 0 Å². The third-order valence-electron chi connectivity index (χ3n) is 4.10. The number of nitrogens with one attached hydrogen (secondary N) is 1. The van der Waals surface area contributed by atoms with Gasteiger partial charge in [-0.25, -0.2) is 0 Å². The zero-order valence-electron chi connectivity index (χ0n) is 15.3. The van der Waals surface area contributed by atoms with E-state index < -0.39 is 6.10 Å². The summed E-state index contributed by atoms with van der Waals surface area (Å²) in [4.78, 5) is 4.30. The highest BCUT2D eigenvalue weighted by Crippen LogP contribution is 2.19. The molecule has 5 heteroatoms. The fourth-order valence-electron chi connectivity index (χ4n) is 2.71. The molecule has 0 radical (unpaired) electrons. The third-order valence-corrected chi connectivity index (χ3v) is 4.10. The van der Waals surface area contributed by atoms with Gasteiger partial charge in [0, 0.05) is 36.3 Å². The van der Waals surface area contributed by atoms with E-state index in [9.17, 15) is 5.11 Å². The largest absolute Gasteiger partial charge is 0.496 e. The van der Waals surface area contributed by atoms with Crippen molar-refractivity contribution in [1.29, 1.82) is 0 Å². The molecule has 1 unspecified atom stereocenters. The van der Waals surface area contributed by atoms with E-state index in [1.54, 1.807) is 13.3 Å². The second-order valence-corrected chi connectivity index (χ2v) is 6.13. The molecule has 0 fully saturated rings. The molecule has 0 aliphatic rings. The molecule has 3 aromatic rings. The van der Waals surface area contributed by atoms with Crippen LogP contribution in [0, 0.1) is 0 Å². The van der Waals surface area contributed by atoms with Crippen molar-refractivity contribution >= 4 is 17.0 Å². The molecule has 27 heavy (non-hydrogen) atoms. The fourth-order valence-corrected chi connectivity index (χ4v) is 2.71. The maximum atomic E-state index is 10.1. The smallest absolute Gasteiger partial charge is 0.126 e. The molecule has 3 rings (SSSR count). The van der Waals surface area contributed by atoms with E-state index >= 15 is 0 Å². The Bertz CT molecular complexity index is 895. The van der Waals surface area contributed by atoms with E-state index in [1.165, 1.54) is 0 Å². The highest BCUT2D eigenvalue weighted by molar-refractivity contribution is 5.79. The first-order valence-corrected chi connectivity index (χ1v) is 8.92. The molecule has 5 nitrogen and oxygen atoms in total. The SMILES string of the molecule is COc1ccccc1C=CCNCC(O)COc1ccc2cccnc2c1. The molecule has 140 valence electrons. The number of ether oxygens (including phenoxy) is 2. The molecule has 0 spiro atoms. The number of hydrogen-bond acceptors (Lipinski definition) is 5. The quantitative estimate of drug-likeness (QED) is 0.571. The summed E-state index contributed by atoms with van der Waals surface area (Å²) in [7, 11) is 1.66. The van der Waals surface area contributed by atoms with E-state index in [4.69, 9.17) is 9.47 Å². The minimum Gasteiger partial charge on any atom is -0.496 e. The summed E-state index contributed by atoms with van der Waals surface area (Å²) >= 11 is 0. The Morgan fingerprint density at radius 2 is 2.04 bits per heavy atom. The van der Waals surface area contributed by atoms with Gasteiger partial charge in [-0.1, -0.05) is 36.4 Å². The van der Waals surface area contributed by atoms with Crippen molar-refractivity contribution in [3.8, 4) is 11.5 Å². The first kappa shape index (κ1) is 18.9. The normalized spacial score (nSPS) is 12.4. The van der Waals surface area contributed by atoms with E-state index in [0.717, 1.165) is 22.2 Å². The molecule has 2 N–H and O–H groups in total. The van der Waals surface area contributed by atoms with Crippen molar-refractivity contribution in [1.82, 2.24) is 10.3 Å². The summed E-state index contributed by atoms with van der Waals surface area (Å²) in [6.45, 7) is 1.32. The molecule has 1 heterocycles. The second kappa shape index (κ2) is 9.71. The number of aromatic nitrogens is 1. The van der Waals surface area contributed by atoms with Crippen LogP contribution in [0.5, 0.6) is 11.5 Å². The van der Waals surface area contributed by atoms with Crippen LogP contribution in [0.1, 0.15) is 5.56 Å². The van der Waals surface area contributed by atoms with Gasteiger partial charge in [-0.3, -0.25) is 4.98 Å². The van der Waals surface area contributed by atoms with Crippen molar-refractivity contribution < 1.29 is 14.6 Å². The lowest BCUT2D eigenvalue weighted by atomic mass is 10.2. The number of aliphatic hydroxyl groups excluding tert-OH is 1. The van der Waals surface area contributed by atoms with Crippen molar-refractivity contribution in [2.75, 3.05) is 26.8 Å². The minimum atomic E-state index is -0.593. The predicted molar refractivity (Wildman–Crippen MR) is 108 cm³/mol. The van der Waals surface area contributed by atoms with Crippen LogP contribution in [0.15, 0.2) is 66.9 Å². The van der Waals surface area contributed by atoms with Crippen LogP contribution in [0.2, 0.25) is 0 Å². The fraction of sp³-hybridized carbons (Fsp3) is 0.227. The lowest BCUT2D eigenvalue weighted by Gasteiger charge is -2.13. The van der Waals surface area contributed by atoms with Gasteiger partial charge in [-0.05, 0) is 24.3 Å². The van der Waals surface area contributed by atoms with Crippen LogP contribution in [-0.4, -0.2) is 43.0 Å². The number of para-hydroxylation sites is 1. The second-order valence-electron chi connectivity index (χ2n) is 6.13. The summed E-state index contributed by atoms with van der Waals surface area (Å²) in [5.41, 5.74) is 1.90. The molecular weight excluding hydrogens is 340 g/mol. The topological polar surface area (TPSA) is 63.6 Å². The summed E-state index contributed by atoms with van der Waals surface area (Å²) in [6, 6.07) is 17.5. The third kappa shape index (κ3) is 5.54. The van der Waals surface area contributed by atoms with Gasteiger partial charge >= 0.3 is 0 Å². The van der Waals surface area contributed by atoms with Gasteiger partial charge in [0.15, 0.2) is 0 Å². The van der Waals surface area contributed by atoms with Crippen LogP contribution in [0.4, 0.5) is 0 Å². The summed E-state index contributed by atoms with van der Waals surface area (Å²) in [5, 5.41) is 14.3. The van der Waals surface area contributed by atoms with Crippen molar-refractivity contribution in [2.45, 2.75) is 6.10 Å². The first-order chi connectivity index (χ1) is 13.3. The molecule has 0 amide bonds. The van der Waals surface area contributed by atoms with Gasteiger partial charge in [0.25, 0.3) is 0 Å². The summed E-state index contributed by atoms with van der Waals surface area (Å²) in [6.07, 6.45) is 5.16. The number of benzene rings is 2. The lowest BCUT2D eigenvalue weighted by molar-refractivity contribution is 0.107. The Morgan fingerprint density at radius 1 is 1.15 bits per heavy atom. The number of methoxy groups -OCH3 is 1. The Balaban J connectivity index is 1.40. The number of pyridine rings is 1. The Kier molecular flexibility index (Phi) is 6.79. The van der Waals surface area contributed by atoms with Crippen LogP contribution in [-0.2, 0) is 0 Å². The summed E-state index contributed by atoms with van der Waals surface area (Å²) in [5.74, 6) is 1.54. The zero-order chi connectivity index (χ0) is 18.9. The first-order valence-electron chi connectivity index (χ1n) is 8.92. The van der Waals surface area contributed by atoms with Crippen LogP contribution >= 0.6 is 0 Å². The van der Waals surface area contributed by atoms with E-state index in [0.29, 0.717) is 18.8 Å². The molecule has 0 saturated heterocycles. The van der Waals surface area contributed by atoms with E-state index in [-0.39, 0.29) is 6.61 Å². The molecule has 0 aliphatic heterocycles. The predicted octanol–water partition coefficient (Wildman–Crippen LogP) is 3.29. The van der Waals surface area contributed by atoms with Gasteiger partial charge in [0.1, 0.15) is 24.2 Å². The molecule has 1 atom stereocenters. The van der Waals surface area contributed by atoms with Gasteiger partial charge in [-0.2, -0.15) is 0 Å². The Labute approximate surface area is 159 Å². The number of fused-ring (bicyclic) bond motifs is 1. The number of hydrogen-bond donors (Lipinski definition) is 2. The number of rotatable bonds is 9. The van der Waals surface area contributed by atoms with Crippen molar-refractivity contribution in [3.05, 3.63) is 72.4 Å². The molecular formula is C22H24N2O3. The summed E-state index contributed by atoms with van der Waals surface area (Å²) < 4.78 is 11.0. The van der Waals surface area contributed by atoms with Crippen LogP contribution < -0.4 is 14.8 Å². The van der Waals surface area contributed by atoms with Crippen molar-refractivity contribution in [2.24, 2.45) is 0 Å². The van der Waals surface area contributed by atoms with Gasteiger partial charge < -0.3 is 19.9 Å².